The second-order valence-corrected chi connectivity index (χ2v) is 2.73. The molecule has 0 aromatic carbocycles. The molecule has 0 spiro atoms. The molecule has 1 radical (unpaired) electrons. The SMILES string of the molecule is CCCCOC(C[NH])OCCC. The predicted molar refractivity (Wildman–Crippen MR) is 48.9 cm³/mol. The van der Waals surface area contributed by atoms with Crippen molar-refractivity contribution >= 4 is 0 Å². The van der Waals surface area contributed by atoms with Crippen LogP contribution >= 0.6 is 0 Å². The minimum absolute atomic E-state index is 0.198. The Morgan fingerprint density at radius 1 is 1.08 bits per heavy atom. The van der Waals surface area contributed by atoms with E-state index in [1.54, 1.807) is 0 Å². The van der Waals surface area contributed by atoms with Gasteiger partial charge in [0, 0.05) is 13.2 Å². The molecule has 1 unspecified atom stereocenters. The summed E-state index contributed by atoms with van der Waals surface area (Å²) in [5.41, 5.74) is 7.12. The Kier molecular flexibility index (Phi) is 8.88. The topological polar surface area (TPSA) is 42.3 Å². The highest BCUT2D eigenvalue weighted by atomic mass is 16.7. The summed E-state index contributed by atoms with van der Waals surface area (Å²) in [4.78, 5) is 0. The Labute approximate surface area is 75.2 Å². The van der Waals surface area contributed by atoms with Crippen LogP contribution < -0.4 is 5.73 Å². The molecule has 3 nitrogen and oxygen atoms in total. The number of nitrogens with one attached hydrogen (secondary N) is 1. The van der Waals surface area contributed by atoms with Crippen molar-refractivity contribution in [3.05, 3.63) is 0 Å². The molecule has 0 amide bonds. The largest absolute Gasteiger partial charge is 0.351 e. The summed E-state index contributed by atoms with van der Waals surface area (Å²) in [6.45, 7) is 5.77. The van der Waals surface area contributed by atoms with Gasteiger partial charge in [-0.05, 0) is 12.8 Å². The van der Waals surface area contributed by atoms with E-state index in [2.05, 4.69) is 6.92 Å². The number of rotatable bonds is 8. The van der Waals surface area contributed by atoms with Crippen LogP contribution in [0.5, 0.6) is 0 Å². The fourth-order valence-corrected chi connectivity index (χ4v) is 0.774. The lowest BCUT2D eigenvalue weighted by Gasteiger charge is -2.15. The van der Waals surface area contributed by atoms with Gasteiger partial charge in [-0.1, -0.05) is 20.3 Å². The van der Waals surface area contributed by atoms with E-state index < -0.39 is 0 Å². The van der Waals surface area contributed by atoms with E-state index >= 15 is 0 Å². The van der Waals surface area contributed by atoms with Gasteiger partial charge in [0.25, 0.3) is 0 Å². The molecule has 73 valence electrons. The lowest BCUT2D eigenvalue weighted by molar-refractivity contribution is -0.136. The van der Waals surface area contributed by atoms with Crippen molar-refractivity contribution in [2.45, 2.75) is 39.4 Å². The highest BCUT2D eigenvalue weighted by molar-refractivity contribution is 4.44. The maximum atomic E-state index is 7.12. The van der Waals surface area contributed by atoms with Crippen LogP contribution in [-0.4, -0.2) is 26.0 Å². The fraction of sp³-hybridized carbons (Fsp3) is 1.00. The van der Waals surface area contributed by atoms with Crippen LogP contribution in [0.1, 0.15) is 33.1 Å². The second kappa shape index (κ2) is 8.97. The fourth-order valence-electron chi connectivity index (χ4n) is 0.774. The van der Waals surface area contributed by atoms with Gasteiger partial charge >= 0.3 is 0 Å². The van der Waals surface area contributed by atoms with Crippen LogP contribution in [0.4, 0.5) is 0 Å². The monoisotopic (exact) mass is 174 g/mol. The molecule has 0 saturated carbocycles. The lowest BCUT2D eigenvalue weighted by atomic mass is 10.4. The smallest absolute Gasteiger partial charge is 0.171 e. The molecule has 1 atom stereocenters. The second-order valence-electron chi connectivity index (χ2n) is 2.73. The molecule has 1 N–H and O–H groups in total. The van der Waals surface area contributed by atoms with Gasteiger partial charge in [-0.2, -0.15) is 0 Å². The van der Waals surface area contributed by atoms with Crippen LogP contribution in [0.25, 0.3) is 0 Å². The summed E-state index contributed by atoms with van der Waals surface area (Å²) in [6, 6.07) is 0. The van der Waals surface area contributed by atoms with Crippen LogP contribution in [-0.2, 0) is 9.47 Å². The number of hydrogen-bond donors (Lipinski definition) is 0. The summed E-state index contributed by atoms with van der Waals surface area (Å²) >= 11 is 0. The molecule has 0 bridgehead atoms. The zero-order valence-corrected chi connectivity index (χ0v) is 8.14. The van der Waals surface area contributed by atoms with Crippen molar-refractivity contribution in [3.8, 4) is 0 Å². The van der Waals surface area contributed by atoms with Gasteiger partial charge in [-0.25, -0.2) is 0 Å². The lowest BCUT2D eigenvalue weighted by Crippen LogP contribution is -2.23. The van der Waals surface area contributed by atoms with Crippen molar-refractivity contribution in [1.29, 1.82) is 0 Å². The highest BCUT2D eigenvalue weighted by Crippen LogP contribution is 1.97. The molecule has 0 aliphatic rings. The number of ether oxygens (including phenoxy) is 2. The first-order valence-corrected chi connectivity index (χ1v) is 4.72. The zero-order valence-electron chi connectivity index (χ0n) is 8.14. The third-order valence-corrected chi connectivity index (χ3v) is 1.48. The van der Waals surface area contributed by atoms with Crippen LogP contribution in [0, 0.1) is 0 Å². The number of unbranched alkanes of at least 4 members (excludes halogenated alkanes) is 1. The molecule has 12 heavy (non-hydrogen) atoms. The summed E-state index contributed by atoms with van der Waals surface area (Å²) < 4.78 is 10.6. The molecular formula is C9H20NO2. The quantitative estimate of drug-likeness (QED) is 0.416. The Bertz CT molecular complexity index is 88.6. The molecule has 3 heteroatoms. The Morgan fingerprint density at radius 3 is 2.25 bits per heavy atom. The van der Waals surface area contributed by atoms with Crippen LogP contribution in [0.15, 0.2) is 0 Å². The molecule has 0 aliphatic carbocycles. The summed E-state index contributed by atoms with van der Waals surface area (Å²) in [5, 5.41) is 0. The third kappa shape index (κ3) is 6.58. The molecule has 0 heterocycles. The summed E-state index contributed by atoms with van der Waals surface area (Å²) in [5.74, 6) is 0. The van der Waals surface area contributed by atoms with Crippen LogP contribution in [0.2, 0.25) is 0 Å². The Hall–Kier alpha value is -0.120. The standard InChI is InChI=1S/C9H20NO2/c1-3-5-7-12-9(8-10)11-6-4-2/h9-10H,3-8H2,1-2H3. The first-order chi connectivity index (χ1) is 5.85. The molecular weight excluding hydrogens is 154 g/mol. The van der Waals surface area contributed by atoms with Crippen LogP contribution in [0.3, 0.4) is 0 Å². The van der Waals surface area contributed by atoms with Crippen molar-refractivity contribution in [3.63, 3.8) is 0 Å². The molecule has 0 aliphatic heterocycles. The minimum Gasteiger partial charge on any atom is -0.351 e. The van der Waals surface area contributed by atoms with Crippen molar-refractivity contribution in [2.75, 3.05) is 19.8 Å². The number of hydrogen-bond acceptors (Lipinski definition) is 2. The van der Waals surface area contributed by atoms with E-state index in [0.717, 1.165) is 19.3 Å². The molecule has 0 rings (SSSR count). The van der Waals surface area contributed by atoms with Crippen molar-refractivity contribution in [1.82, 2.24) is 5.73 Å². The normalized spacial score (nSPS) is 13.2. The molecule has 0 saturated heterocycles. The Balaban J connectivity index is 3.26. The average Bonchev–Trinajstić information content (AvgIpc) is 2.11. The van der Waals surface area contributed by atoms with Gasteiger partial charge in [-0.15, -0.1) is 0 Å². The first kappa shape index (κ1) is 11.9. The first-order valence-electron chi connectivity index (χ1n) is 4.72. The van der Waals surface area contributed by atoms with Gasteiger partial charge < -0.3 is 9.47 Å². The summed E-state index contributed by atoms with van der Waals surface area (Å²) in [6.07, 6.45) is 2.84. The molecule has 0 fully saturated rings. The van der Waals surface area contributed by atoms with Gasteiger partial charge in [0.05, 0.1) is 6.54 Å². The van der Waals surface area contributed by atoms with E-state index in [4.69, 9.17) is 15.2 Å². The van der Waals surface area contributed by atoms with E-state index in [9.17, 15) is 0 Å². The van der Waals surface area contributed by atoms with Gasteiger partial charge in [0.2, 0.25) is 0 Å². The predicted octanol–water partition coefficient (Wildman–Crippen LogP) is 1.84. The maximum Gasteiger partial charge on any atom is 0.171 e. The zero-order chi connectivity index (χ0) is 9.23. The third-order valence-electron chi connectivity index (χ3n) is 1.48. The average molecular weight is 174 g/mol. The molecule has 0 aromatic heterocycles. The van der Waals surface area contributed by atoms with Gasteiger partial charge in [-0.3, -0.25) is 5.73 Å². The van der Waals surface area contributed by atoms with Crippen molar-refractivity contribution < 1.29 is 9.47 Å². The van der Waals surface area contributed by atoms with Gasteiger partial charge in [0.1, 0.15) is 0 Å². The van der Waals surface area contributed by atoms with E-state index in [1.807, 2.05) is 6.92 Å². The van der Waals surface area contributed by atoms with E-state index in [1.165, 1.54) is 0 Å². The van der Waals surface area contributed by atoms with Crippen molar-refractivity contribution in [2.24, 2.45) is 0 Å². The Morgan fingerprint density at radius 2 is 1.75 bits per heavy atom. The summed E-state index contributed by atoms with van der Waals surface area (Å²) in [7, 11) is 0. The van der Waals surface area contributed by atoms with E-state index in [-0.39, 0.29) is 12.8 Å². The maximum absolute atomic E-state index is 7.12. The van der Waals surface area contributed by atoms with E-state index in [0.29, 0.717) is 13.2 Å². The minimum atomic E-state index is -0.309. The molecule has 0 aromatic rings. The highest BCUT2D eigenvalue weighted by Gasteiger charge is 2.05. The van der Waals surface area contributed by atoms with Gasteiger partial charge in [0.15, 0.2) is 6.29 Å².